The molecule has 1 heterocycles. The molecule has 0 aromatic rings. The minimum atomic E-state index is 0.0605. The Hall–Kier alpha value is -1.09. The van der Waals surface area contributed by atoms with Gasteiger partial charge in [0.2, 0.25) is 0 Å². The summed E-state index contributed by atoms with van der Waals surface area (Å²) in [5, 5.41) is 12.8. The predicted octanol–water partition coefficient (Wildman–Crippen LogP) is 5.21. The summed E-state index contributed by atoms with van der Waals surface area (Å²) in [5.41, 5.74) is 2.91. The quantitative estimate of drug-likeness (QED) is 0.393. The van der Waals surface area contributed by atoms with E-state index in [0.717, 1.165) is 60.2 Å². The number of ether oxygens (including phenoxy) is 1. The second kappa shape index (κ2) is 5.49. The largest absolute Gasteiger partial charge is 0.411 e. The molecule has 146 valence electrons. The molecule has 5 aliphatic carbocycles. The van der Waals surface area contributed by atoms with Gasteiger partial charge in [-0.1, -0.05) is 43.1 Å². The maximum absolute atomic E-state index is 9.27. The molecule has 0 radical (unpaired) electrons. The first-order chi connectivity index (χ1) is 13.1. The van der Waals surface area contributed by atoms with Crippen LogP contribution < -0.4 is 0 Å². The van der Waals surface area contributed by atoms with Crippen molar-refractivity contribution < 1.29 is 9.94 Å². The molecule has 0 aromatic carbocycles. The van der Waals surface area contributed by atoms with E-state index in [9.17, 15) is 5.21 Å². The Labute approximate surface area is 162 Å². The average Bonchev–Trinajstić information content (AvgIpc) is 3.26. The summed E-state index contributed by atoms with van der Waals surface area (Å²) in [6.45, 7) is 5.82. The molecule has 27 heavy (non-hydrogen) atoms. The van der Waals surface area contributed by atoms with Crippen molar-refractivity contribution in [3.8, 4) is 0 Å². The summed E-state index contributed by atoms with van der Waals surface area (Å²) in [6.07, 6.45) is 15.8. The fourth-order valence-electron chi connectivity index (χ4n) is 8.93. The van der Waals surface area contributed by atoms with Crippen LogP contribution in [0.25, 0.3) is 0 Å². The molecule has 3 nitrogen and oxygen atoms in total. The molecule has 1 N–H and O–H groups in total. The van der Waals surface area contributed by atoms with Gasteiger partial charge >= 0.3 is 0 Å². The molecule has 0 aromatic heterocycles. The first-order valence-corrected chi connectivity index (χ1v) is 11.4. The van der Waals surface area contributed by atoms with Crippen molar-refractivity contribution >= 4 is 5.71 Å². The smallest absolute Gasteiger partial charge is 0.0954 e. The second-order valence-corrected chi connectivity index (χ2v) is 10.6. The summed E-state index contributed by atoms with van der Waals surface area (Å²) >= 11 is 0. The highest BCUT2D eigenvalue weighted by molar-refractivity contribution is 5.96. The molecule has 0 unspecified atom stereocenters. The van der Waals surface area contributed by atoms with E-state index < -0.39 is 0 Å². The zero-order chi connectivity index (χ0) is 18.4. The van der Waals surface area contributed by atoms with Gasteiger partial charge in [0.15, 0.2) is 0 Å². The standard InChI is InChI=1S/C24H33NO2/c1-3-14-11-15-12-16(25-26)5-6-17(15)18-7-9-23(2)22(21(14)18)19-13-20(19)24(23)8-4-10-27-24/h4,8,12,14,17-22,26H,3,5-7,9-11,13H2,1-2H3/b25-16+/t14-,17+,18-,19-,20+,21-,22+,23+,24+/m1/s1. The lowest BCUT2D eigenvalue weighted by Crippen LogP contribution is -2.56. The molecule has 6 rings (SSSR count). The highest BCUT2D eigenvalue weighted by atomic mass is 16.5. The van der Waals surface area contributed by atoms with Crippen LogP contribution in [-0.4, -0.2) is 23.1 Å². The van der Waals surface area contributed by atoms with Crippen molar-refractivity contribution in [2.24, 2.45) is 52.0 Å². The number of nitrogens with zero attached hydrogens (tertiary/aromatic N) is 1. The maximum atomic E-state index is 9.27. The highest BCUT2D eigenvalue weighted by Gasteiger charge is 2.76. The van der Waals surface area contributed by atoms with E-state index in [1.54, 1.807) is 5.57 Å². The minimum Gasteiger partial charge on any atom is -0.411 e. The zero-order valence-electron chi connectivity index (χ0n) is 16.7. The maximum Gasteiger partial charge on any atom is 0.0954 e. The SMILES string of the molecule is CC[C@@H]1CC2=C/C(=N/O)CC[C@@H]2[C@H]2CC[C@@]3(C)[C@@H]([C@@H]4C[C@@H]4[C@@]34C=CCO4)[C@H]12. The molecule has 4 saturated carbocycles. The van der Waals surface area contributed by atoms with E-state index in [1.807, 2.05) is 0 Å². The lowest BCUT2D eigenvalue weighted by molar-refractivity contribution is -0.140. The fraction of sp³-hybridized carbons (Fsp3) is 0.792. The van der Waals surface area contributed by atoms with Crippen molar-refractivity contribution in [1.29, 1.82) is 0 Å². The number of oxime groups is 1. The molecule has 6 aliphatic rings. The highest BCUT2D eigenvalue weighted by Crippen LogP contribution is 2.78. The zero-order valence-corrected chi connectivity index (χ0v) is 16.7. The average molecular weight is 368 g/mol. The number of hydrogen-bond donors (Lipinski definition) is 1. The molecular weight excluding hydrogens is 334 g/mol. The van der Waals surface area contributed by atoms with Gasteiger partial charge in [-0.2, -0.15) is 0 Å². The summed E-state index contributed by atoms with van der Waals surface area (Å²) in [6, 6.07) is 0. The number of rotatable bonds is 1. The number of fused-ring (bicyclic) bond motifs is 9. The van der Waals surface area contributed by atoms with Gasteiger partial charge in [0, 0.05) is 5.41 Å². The van der Waals surface area contributed by atoms with Gasteiger partial charge in [-0.15, -0.1) is 0 Å². The Balaban J connectivity index is 1.41. The summed E-state index contributed by atoms with van der Waals surface area (Å²) in [5.74, 6) is 5.79. The summed E-state index contributed by atoms with van der Waals surface area (Å²) < 4.78 is 6.55. The molecule has 3 heteroatoms. The fourth-order valence-corrected chi connectivity index (χ4v) is 8.93. The van der Waals surface area contributed by atoms with Crippen LogP contribution >= 0.6 is 0 Å². The van der Waals surface area contributed by atoms with Gasteiger partial charge in [-0.05, 0) is 86.0 Å². The lowest BCUT2D eigenvalue weighted by Gasteiger charge is -2.59. The van der Waals surface area contributed by atoms with Gasteiger partial charge < -0.3 is 9.94 Å². The Morgan fingerprint density at radius 2 is 2.19 bits per heavy atom. The van der Waals surface area contributed by atoms with E-state index in [2.05, 4.69) is 37.2 Å². The summed E-state index contributed by atoms with van der Waals surface area (Å²) in [4.78, 5) is 0. The van der Waals surface area contributed by atoms with Crippen LogP contribution in [0.3, 0.4) is 0 Å². The van der Waals surface area contributed by atoms with Crippen LogP contribution in [0.2, 0.25) is 0 Å². The van der Waals surface area contributed by atoms with Gasteiger partial charge in [-0.25, -0.2) is 0 Å². The van der Waals surface area contributed by atoms with E-state index in [0.29, 0.717) is 5.41 Å². The van der Waals surface area contributed by atoms with Crippen LogP contribution in [-0.2, 0) is 4.74 Å². The summed E-state index contributed by atoms with van der Waals surface area (Å²) in [7, 11) is 0. The Bertz CT molecular complexity index is 753. The predicted molar refractivity (Wildman–Crippen MR) is 106 cm³/mol. The van der Waals surface area contributed by atoms with Crippen LogP contribution in [0.15, 0.2) is 29.0 Å². The van der Waals surface area contributed by atoms with Gasteiger partial charge in [0.25, 0.3) is 0 Å². The molecule has 1 spiro atoms. The van der Waals surface area contributed by atoms with Crippen molar-refractivity contribution in [2.45, 2.75) is 64.4 Å². The number of allylic oxidation sites excluding steroid dienone is 2. The van der Waals surface area contributed by atoms with E-state index in [4.69, 9.17) is 4.74 Å². The van der Waals surface area contributed by atoms with Crippen molar-refractivity contribution in [1.82, 2.24) is 0 Å². The van der Waals surface area contributed by atoms with E-state index in [1.165, 1.54) is 38.5 Å². The van der Waals surface area contributed by atoms with Crippen molar-refractivity contribution in [3.63, 3.8) is 0 Å². The minimum absolute atomic E-state index is 0.0605. The molecule has 1 aliphatic heterocycles. The lowest BCUT2D eigenvalue weighted by atomic mass is 9.46. The topological polar surface area (TPSA) is 41.8 Å². The molecule has 0 saturated heterocycles. The van der Waals surface area contributed by atoms with Crippen LogP contribution in [0.4, 0.5) is 0 Å². The molecule has 9 atom stereocenters. The van der Waals surface area contributed by atoms with Crippen molar-refractivity contribution in [2.75, 3.05) is 6.61 Å². The van der Waals surface area contributed by atoms with E-state index >= 15 is 0 Å². The van der Waals surface area contributed by atoms with Gasteiger partial charge in [0.05, 0.1) is 17.9 Å². The Morgan fingerprint density at radius 1 is 1.30 bits per heavy atom. The molecule has 0 bridgehead atoms. The molecule has 0 amide bonds. The first-order valence-electron chi connectivity index (χ1n) is 11.4. The Morgan fingerprint density at radius 3 is 2.93 bits per heavy atom. The second-order valence-electron chi connectivity index (χ2n) is 10.6. The third-order valence-electron chi connectivity index (χ3n) is 9.92. The third kappa shape index (κ3) is 1.95. The van der Waals surface area contributed by atoms with E-state index in [-0.39, 0.29) is 5.60 Å². The van der Waals surface area contributed by atoms with Crippen LogP contribution in [0.1, 0.15) is 58.8 Å². The van der Waals surface area contributed by atoms with Crippen molar-refractivity contribution in [3.05, 3.63) is 23.8 Å². The first kappa shape index (κ1) is 16.8. The number of hydrogen-bond acceptors (Lipinski definition) is 3. The third-order valence-corrected chi connectivity index (χ3v) is 9.92. The van der Waals surface area contributed by atoms with Crippen LogP contribution in [0.5, 0.6) is 0 Å². The van der Waals surface area contributed by atoms with Crippen LogP contribution in [0, 0.1) is 46.8 Å². The van der Waals surface area contributed by atoms with Gasteiger partial charge in [-0.3, -0.25) is 0 Å². The Kier molecular flexibility index (Phi) is 3.42. The monoisotopic (exact) mass is 367 g/mol. The van der Waals surface area contributed by atoms with Gasteiger partial charge in [0.1, 0.15) is 0 Å². The molecule has 4 fully saturated rings. The molecular formula is C24H33NO2. The normalized spacial score (nSPS) is 56.4.